The number of nitrogens with zero attached hydrogens (tertiary/aromatic N) is 1. The molecule has 0 aliphatic rings. The minimum absolute atomic E-state index is 0.0150. The number of carbonyl (C=O) groups is 2. The second kappa shape index (κ2) is 12.3. The Morgan fingerprint density at radius 3 is 2.08 bits per heavy atom. The van der Waals surface area contributed by atoms with E-state index in [1.54, 1.807) is 67.6 Å². The Hall–Kier alpha value is -4.63. The Balaban J connectivity index is 1.77. The fourth-order valence-corrected chi connectivity index (χ4v) is 5.45. The minimum atomic E-state index is -4.11. The van der Waals surface area contributed by atoms with Crippen LogP contribution in [0, 0.1) is 0 Å². The number of hydrogen-bond acceptors (Lipinski definition) is 6. The molecule has 1 N–H and O–H groups in total. The Morgan fingerprint density at radius 1 is 0.795 bits per heavy atom. The fraction of sp³-hybridized carbons (Fsp3) is 0.133. The van der Waals surface area contributed by atoms with Crippen LogP contribution in [-0.2, 0) is 21.3 Å². The smallest absolute Gasteiger partial charge is 0.340 e. The third-order valence-corrected chi connectivity index (χ3v) is 7.68. The number of sulfonamides is 1. The molecular formula is C30H28N2O6S. The lowest BCUT2D eigenvalue weighted by Gasteiger charge is -2.27. The van der Waals surface area contributed by atoms with E-state index in [0.717, 1.165) is 5.56 Å². The van der Waals surface area contributed by atoms with E-state index in [9.17, 15) is 18.0 Å². The number of carbonyl (C=O) groups excluding carboxylic acids is 2. The number of para-hydroxylation sites is 2. The van der Waals surface area contributed by atoms with Gasteiger partial charge in [0.15, 0.2) is 0 Å². The number of anilines is 2. The van der Waals surface area contributed by atoms with Gasteiger partial charge in [-0.15, -0.1) is 0 Å². The zero-order chi connectivity index (χ0) is 27.8. The highest BCUT2D eigenvalue weighted by Crippen LogP contribution is 2.31. The van der Waals surface area contributed by atoms with Gasteiger partial charge in [-0.2, -0.15) is 0 Å². The fourth-order valence-electron chi connectivity index (χ4n) is 3.98. The number of esters is 1. The van der Waals surface area contributed by atoms with Gasteiger partial charge in [-0.3, -0.25) is 9.10 Å². The molecule has 39 heavy (non-hydrogen) atoms. The maximum absolute atomic E-state index is 14.0. The number of amides is 1. The predicted molar refractivity (Wildman–Crippen MR) is 150 cm³/mol. The lowest BCUT2D eigenvalue weighted by atomic mass is 10.1. The van der Waals surface area contributed by atoms with Gasteiger partial charge in [0.1, 0.15) is 5.75 Å². The zero-order valence-electron chi connectivity index (χ0n) is 21.5. The first kappa shape index (κ1) is 27.4. The van der Waals surface area contributed by atoms with Crippen molar-refractivity contribution in [1.29, 1.82) is 0 Å². The molecule has 0 aromatic heterocycles. The molecule has 9 heteroatoms. The van der Waals surface area contributed by atoms with E-state index in [4.69, 9.17) is 9.47 Å². The summed E-state index contributed by atoms with van der Waals surface area (Å²) in [7, 11) is -2.61. The average molecular weight is 545 g/mol. The van der Waals surface area contributed by atoms with Crippen molar-refractivity contribution >= 4 is 33.3 Å². The monoisotopic (exact) mass is 544 g/mol. The van der Waals surface area contributed by atoms with Gasteiger partial charge in [-0.25, -0.2) is 13.2 Å². The van der Waals surface area contributed by atoms with Gasteiger partial charge in [-0.1, -0.05) is 54.6 Å². The molecule has 0 spiro atoms. The lowest BCUT2D eigenvalue weighted by molar-refractivity contribution is 0.0527. The summed E-state index contributed by atoms with van der Waals surface area (Å²) in [5.41, 5.74) is 1.48. The molecule has 0 bridgehead atoms. The SMILES string of the molecule is CCOC(=O)c1ccccc1NC(=O)c1ccccc1N(Cc1ccccc1)S(=O)(=O)c1ccc(OC)cc1. The van der Waals surface area contributed by atoms with Crippen LogP contribution in [0.5, 0.6) is 5.75 Å². The minimum Gasteiger partial charge on any atom is -0.497 e. The van der Waals surface area contributed by atoms with Gasteiger partial charge < -0.3 is 14.8 Å². The van der Waals surface area contributed by atoms with Crippen molar-refractivity contribution in [2.45, 2.75) is 18.4 Å². The Morgan fingerprint density at radius 2 is 1.41 bits per heavy atom. The van der Waals surface area contributed by atoms with Gasteiger partial charge in [0.25, 0.3) is 15.9 Å². The first-order valence-electron chi connectivity index (χ1n) is 12.2. The molecule has 0 heterocycles. The number of rotatable bonds is 10. The highest BCUT2D eigenvalue weighted by Gasteiger charge is 2.29. The molecule has 0 aliphatic carbocycles. The van der Waals surface area contributed by atoms with E-state index in [0.29, 0.717) is 5.75 Å². The van der Waals surface area contributed by atoms with Crippen LogP contribution in [0.25, 0.3) is 0 Å². The molecule has 0 radical (unpaired) electrons. The molecule has 4 rings (SSSR count). The summed E-state index contributed by atoms with van der Waals surface area (Å²) < 4.78 is 39.4. The number of nitrogens with one attached hydrogen (secondary N) is 1. The summed E-state index contributed by atoms with van der Waals surface area (Å²) in [5.74, 6) is -0.636. The van der Waals surface area contributed by atoms with Crippen molar-refractivity contribution in [2.75, 3.05) is 23.3 Å². The van der Waals surface area contributed by atoms with E-state index in [-0.39, 0.29) is 40.5 Å². The highest BCUT2D eigenvalue weighted by molar-refractivity contribution is 7.92. The molecule has 8 nitrogen and oxygen atoms in total. The summed E-state index contributed by atoms with van der Waals surface area (Å²) in [5, 5.41) is 2.75. The summed E-state index contributed by atoms with van der Waals surface area (Å²) >= 11 is 0. The molecule has 4 aromatic rings. The molecule has 0 aliphatic heterocycles. The van der Waals surface area contributed by atoms with Crippen LogP contribution < -0.4 is 14.4 Å². The van der Waals surface area contributed by atoms with E-state index in [1.165, 1.54) is 23.5 Å². The molecule has 0 unspecified atom stereocenters. The van der Waals surface area contributed by atoms with Crippen molar-refractivity contribution < 1.29 is 27.5 Å². The van der Waals surface area contributed by atoms with Crippen LogP contribution in [-0.4, -0.2) is 34.0 Å². The van der Waals surface area contributed by atoms with Crippen LogP contribution in [0.15, 0.2) is 108 Å². The number of ether oxygens (including phenoxy) is 2. The number of methoxy groups -OCH3 is 1. The summed E-state index contributed by atoms with van der Waals surface area (Å²) in [6.45, 7) is 1.86. The predicted octanol–water partition coefficient (Wildman–Crippen LogP) is 5.52. The standard InChI is InChI=1S/C30H28N2O6S/c1-3-38-30(34)25-13-7-9-15-27(25)31-29(33)26-14-8-10-16-28(26)32(21-22-11-5-4-6-12-22)39(35,36)24-19-17-23(37-2)18-20-24/h4-20H,3,21H2,1-2H3,(H,31,33). The molecule has 0 fully saturated rings. The maximum atomic E-state index is 14.0. The van der Waals surface area contributed by atoms with Crippen molar-refractivity contribution in [1.82, 2.24) is 0 Å². The first-order valence-corrected chi connectivity index (χ1v) is 13.7. The summed E-state index contributed by atoms with van der Waals surface area (Å²) in [4.78, 5) is 26.0. The van der Waals surface area contributed by atoms with Gasteiger partial charge in [-0.05, 0) is 61.0 Å². The van der Waals surface area contributed by atoms with Crippen molar-refractivity contribution in [3.63, 3.8) is 0 Å². The molecule has 0 saturated carbocycles. The van der Waals surface area contributed by atoms with Crippen molar-refractivity contribution in [3.05, 3.63) is 120 Å². The summed E-state index contributed by atoms with van der Waals surface area (Å²) in [6, 6.07) is 28.1. The zero-order valence-corrected chi connectivity index (χ0v) is 22.4. The van der Waals surface area contributed by atoms with Gasteiger partial charge in [0.2, 0.25) is 0 Å². The van der Waals surface area contributed by atoms with E-state index in [2.05, 4.69) is 5.32 Å². The van der Waals surface area contributed by atoms with Crippen LogP contribution in [0.3, 0.4) is 0 Å². The van der Waals surface area contributed by atoms with Crippen molar-refractivity contribution in [3.8, 4) is 5.75 Å². The molecule has 4 aromatic carbocycles. The van der Waals surface area contributed by atoms with Crippen LogP contribution in [0.2, 0.25) is 0 Å². The molecular weight excluding hydrogens is 516 g/mol. The quantitative estimate of drug-likeness (QED) is 0.264. The Bertz CT molecular complexity index is 1550. The lowest BCUT2D eigenvalue weighted by Crippen LogP contribution is -2.32. The van der Waals surface area contributed by atoms with Crippen LogP contribution in [0.1, 0.15) is 33.2 Å². The van der Waals surface area contributed by atoms with E-state index < -0.39 is 21.9 Å². The topological polar surface area (TPSA) is 102 Å². The normalized spacial score (nSPS) is 10.9. The largest absolute Gasteiger partial charge is 0.497 e. The Kier molecular flexibility index (Phi) is 8.63. The van der Waals surface area contributed by atoms with Gasteiger partial charge in [0.05, 0.1) is 47.7 Å². The maximum Gasteiger partial charge on any atom is 0.340 e. The van der Waals surface area contributed by atoms with E-state index >= 15 is 0 Å². The van der Waals surface area contributed by atoms with Crippen LogP contribution >= 0.6 is 0 Å². The molecule has 0 saturated heterocycles. The van der Waals surface area contributed by atoms with Gasteiger partial charge in [0, 0.05) is 0 Å². The third-order valence-electron chi connectivity index (χ3n) is 5.90. The number of hydrogen-bond donors (Lipinski definition) is 1. The molecule has 0 atom stereocenters. The number of benzene rings is 4. The van der Waals surface area contributed by atoms with Crippen molar-refractivity contribution in [2.24, 2.45) is 0 Å². The second-order valence-electron chi connectivity index (χ2n) is 8.41. The van der Waals surface area contributed by atoms with Crippen LogP contribution in [0.4, 0.5) is 11.4 Å². The second-order valence-corrected chi connectivity index (χ2v) is 10.3. The summed E-state index contributed by atoms with van der Waals surface area (Å²) in [6.07, 6.45) is 0. The van der Waals surface area contributed by atoms with Gasteiger partial charge >= 0.3 is 5.97 Å². The Labute approximate surface area is 227 Å². The van der Waals surface area contributed by atoms with E-state index in [1.807, 2.05) is 30.3 Å². The highest BCUT2D eigenvalue weighted by atomic mass is 32.2. The molecule has 1 amide bonds. The average Bonchev–Trinajstić information content (AvgIpc) is 2.97. The first-order chi connectivity index (χ1) is 18.8. The molecule has 200 valence electrons. The third kappa shape index (κ3) is 6.27.